The Hall–Kier alpha value is -2.42. The summed E-state index contributed by atoms with van der Waals surface area (Å²) in [5, 5.41) is 14.5. The average Bonchev–Trinajstić information content (AvgIpc) is 3.29. The minimum atomic E-state index is 0. The van der Waals surface area contributed by atoms with E-state index in [2.05, 4.69) is 88.4 Å². The van der Waals surface area contributed by atoms with Crippen LogP contribution in [-0.2, 0) is 6.54 Å². The third-order valence-corrected chi connectivity index (χ3v) is 4.78. The molecule has 2 N–H and O–H groups in total. The Morgan fingerprint density at radius 3 is 2.07 bits per heavy atom. The van der Waals surface area contributed by atoms with Crippen LogP contribution in [0.5, 0.6) is 0 Å². The van der Waals surface area contributed by atoms with Crippen molar-refractivity contribution in [3.63, 3.8) is 0 Å². The lowest BCUT2D eigenvalue weighted by molar-refractivity contribution is 0.597. The smallest absolute Gasteiger partial charge is 0.191 e. The van der Waals surface area contributed by atoms with Gasteiger partial charge in [-0.15, -0.1) is 34.2 Å². The molecule has 2 aromatic carbocycles. The zero-order valence-corrected chi connectivity index (χ0v) is 19.8. The fourth-order valence-corrected chi connectivity index (χ4v) is 3.26. The second kappa shape index (κ2) is 13.7. The highest BCUT2D eigenvalue weighted by atomic mass is 127. The number of nitrogens with zero attached hydrogens (tertiary/aromatic N) is 4. The number of halogens is 1. The minimum absolute atomic E-state index is 0. The van der Waals surface area contributed by atoms with E-state index in [0.717, 1.165) is 38.4 Å². The maximum absolute atomic E-state index is 4.88. The number of aromatic nitrogens is 3. The first-order valence-corrected chi connectivity index (χ1v) is 10.3. The summed E-state index contributed by atoms with van der Waals surface area (Å²) < 4.78 is 2.00. The fourth-order valence-electron chi connectivity index (χ4n) is 3.26. The SMILES string of the molecule is CCNC(=NCC(c1ccccc1)c1ccccc1)NCCCCn1cnnc1.I. The van der Waals surface area contributed by atoms with Crippen LogP contribution in [0.4, 0.5) is 0 Å². The number of guanidine groups is 1. The highest BCUT2D eigenvalue weighted by Crippen LogP contribution is 2.24. The van der Waals surface area contributed by atoms with Gasteiger partial charge in [-0.25, -0.2) is 0 Å². The van der Waals surface area contributed by atoms with E-state index < -0.39 is 0 Å². The molecule has 0 atom stereocenters. The molecule has 0 aliphatic heterocycles. The largest absolute Gasteiger partial charge is 0.357 e. The van der Waals surface area contributed by atoms with Crippen LogP contribution in [0.2, 0.25) is 0 Å². The molecule has 6 nitrogen and oxygen atoms in total. The number of nitrogens with one attached hydrogen (secondary N) is 2. The maximum Gasteiger partial charge on any atom is 0.191 e. The van der Waals surface area contributed by atoms with Crippen LogP contribution in [0.1, 0.15) is 36.8 Å². The van der Waals surface area contributed by atoms with Gasteiger partial charge in [0.25, 0.3) is 0 Å². The van der Waals surface area contributed by atoms with Gasteiger partial charge in [-0.1, -0.05) is 60.7 Å². The molecule has 3 aromatic rings. The summed E-state index contributed by atoms with van der Waals surface area (Å²) in [7, 11) is 0. The van der Waals surface area contributed by atoms with E-state index in [1.54, 1.807) is 12.7 Å². The van der Waals surface area contributed by atoms with Gasteiger partial charge in [-0.3, -0.25) is 4.99 Å². The molecule has 0 spiro atoms. The predicted octanol–water partition coefficient (Wildman–Crippen LogP) is 4.06. The molecule has 0 saturated carbocycles. The highest BCUT2D eigenvalue weighted by molar-refractivity contribution is 14.0. The summed E-state index contributed by atoms with van der Waals surface area (Å²) in [6.45, 7) is 5.45. The lowest BCUT2D eigenvalue weighted by Crippen LogP contribution is -2.38. The molecule has 0 aliphatic carbocycles. The Morgan fingerprint density at radius 2 is 1.50 bits per heavy atom. The summed E-state index contributed by atoms with van der Waals surface area (Å²) in [4.78, 5) is 4.88. The first-order chi connectivity index (χ1) is 14.4. The summed E-state index contributed by atoms with van der Waals surface area (Å²) >= 11 is 0. The van der Waals surface area contributed by atoms with E-state index >= 15 is 0 Å². The standard InChI is InChI=1S/C23H30N6.HI/c1-2-24-23(25-15-9-10-16-29-18-27-28-19-29)26-17-22(20-11-5-3-6-12-20)21-13-7-4-8-14-21;/h3-8,11-14,18-19,22H,2,9-10,15-17H2,1H3,(H2,24,25,26);1H. The third kappa shape index (κ3) is 7.78. The second-order valence-corrected chi connectivity index (χ2v) is 6.93. The number of rotatable bonds is 10. The van der Waals surface area contributed by atoms with E-state index in [4.69, 9.17) is 4.99 Å². The summed E-state index contributed by atoms with van der Waals surface area (Å²) in [5.74, 6) is 1.11. The molecule has 1 aromatic heterocycles. The molecule has 7 heteroatoms. The van der Waals surface area contributed by atoms with Crippen LogP contribution in [0, 0.1) is 0 Å². The molecule has 0 amide bonds. The molecule has 1 heterocycles. The molecular weight excluding hydrogens is 487 g/mol. The van der Waals surface area contributed by atoms with Crippen molar-refractivity contribution in [2.24, 2.45) is 4.99 Å². The Morgan fingerprint density at radius 1 is 0.900 bits per heavy atom. The van der Waals surface area contributed by atoms with Crippen LogP contribution in [0.25, 0.3) is 0 Å². The maximum atomic E-state index is 4.88. The Labute approximate surface area is 196 Å². The zero-order valence-electron chi connectivity index (χ0n) is 17.4. The average molecular weight is 518 g/mol. The van der Waals surface area contributed by atoms with Crippen molar-refractivity contribution in [1.29, 1.82) is 0 Å². The number of hydrogen-bond acceptors (Lipinski definition) is 3. The van der Waals surface area contributed by atoms with Crippen LogP contribution >= 0.6 is 24.0 Å². The molecule has 0 bridgehead atoms. The van der Waals surface area contributed by atoms with Gasteiger partial charge in [0.05, 0.1) is 6.54 Å². The van der Waals surface area contributed by atoms with E-state index in [-0.39, 0.29) is 29.9 Å². The van der Waals surface area contributed by atoms with Crippen molar-refractivity contribution in [1.82, 2.24) is 25.4 Å². The van der Waals surface area contributed by atoms with E-state index in [1.807, 2.05) is 4.57 Å². The lowest BCUT2D eigenvalue weighted by Gasteiger charge is -2.18. The monoisotopic (exact) mass is 518 g/mol. The summed E-state index contributed by atoms with van der Waals surface area (Å²) in [5.41, 5.74) is 2.57. The number of hydrogen-bond donors (Lipinski definition) is 2. The number of aryl methyl sites for hydroxylation is 1. The van der Waals surface area contributed by atoms with E-state index in [1.165, 1.54) is 11.1 Å². The van der Waals surface area contributed by atoms with Gasteiger partial charge >= 0.3 is 0 Å². The first kappa shape index (κ1) is 23.9. The zero-order chi connectivity index (χ0) is 20.2. The third-order valence-electron chi connectivity index (χ3n) is 4.78. The van der Waals surface area contributed by atoms with Crippen molar-refractivity contribution >= 4 is 29.9 Å². The van der Waals surface area contributed by atoms with Gasteiger partial charge in [-0.2, -0.15) is 0 Å². The number of benzene rings is 2. The summed E-state index contributed by atoms with van der Waals surface area (Å²) in [6.07, 6.45) is 5.64. The molecule has 0 radical (unpaired) electrons. The van der Waals surface area contributed by atoms with Crippen molar-refractivity contribution in [3.05, 3.63) is 84.4 Å². The van der Waals surface area contributed by atoms with Gasteiger partial charge in [-0.05, 0) is 30.9 Å². The topological polar surface area (TPSA) is 67.1 Å². The quantitative estimate of drug-likeness (QED) is 0.184. The van der Waals surface area contributed by atoms with Crippen LogP contribution in [0.3, 0.4) is 0 Å². The number of unbranched alkanes of at least 4 members (excludes halogenated alkanes) is 1. The van der Waals surface area contributed by atoms with Crippen molar-refractivity contribution in [2.45, 2.75) is 32.2 Å². The first-order valence-electron chi connectivity index (χ1n) is 10.3. The molecule has 0 aliphatic rings. The van der Waals surface area contributed by atoms with Crippen LogP contribution in [-0.4, -0.2) is 40.4 Å². The fraction of sp³-hybridized carbons (Fsp3) is 0.348. The molecule has 30 heavy (non-hydrogen) atoms. The van der Waals surface area contributed by atoms with Gasteiger partial charge in [0, 0.05) is 25.6 Å². The van der Waals surface area contributed by atoms with E-state index in [0.29, 0.717) is 6.54 Å². The van der Waals surface area contributed by atoms with Gasteiger partial charge < -0.3 is 15.2 Å². The van der Waals surface area contributed by atoms with Gasteiger partial charge in [0.1, 0.15) is 12.7 Å². The van der Waals surface area contributed by atoms with Gasteiger partial charge in [0.15, 0.2) is 5.96 Å². The minimum Gasteiger partial charge on any atom is -0.357 e. The van der Waals surface area contributed by atoms with Crippen molar-refractivity contribution in [2.75, 3.05) is 19.6 Å². The highest BCUT2D eigenvalue weighted by Gasteiger charge is 2.13. The van der Waals surface area contributed by atoms with Crippen LogP contribution in [0.15, 0.2) is 78.3 Å². The Balaban J connectivity index is 0.00000320. The molecule has 3 rings (SSSR count). The molecule has 160 valence electrons. The van der Waals surface area contributed by atoms with Crippen molar-refractivity contribution < 1.29 is 0 Å². The molecule has 0 saturated heterocycles. The predicted molar refractivity (Wildman–Crippen MR) is 133 cm³/mol. The molecule has 0 unspecified atom stereocenters. The number of aliphatic imine (C=N–C) groups is 1. The van der Waals surface area contributed by atoms with Gasteiger partial charge in [0.2, 0.25) is 0 Å². The Bertz CT molecular complexity index is 797. The van der Waals surface area contributed by atoms with Crippen LogP contribution < -0.4 is 10.6 Å². The molecular formula is C23H31IN6. The normalized spacial score (nSPS) is 11.2. The lowest BCUT2D eigenvalue weighted by atomic mass is 9.91. The second-order valence-electron chi connectivity index (χ2n) is 6.93. The molecule has 0 fully saturated rings. The van der Waals surface area contributed by atoms with Crippen molar-refractivity contribution in [3.8, 4) is 0 Å². The van der Waals surface area contributed by atoms with E-state index in [9.17, 15) is 0 Å². The summed E-state index contributed by atoms with van der Waals surface area (Å²) in [6, 6.07) is 21.2. The Kier molecular flexibility index (Phi) is 10.9.